The van der Waals surface area contributed by atoms with Crippen molar-refractivity contribution in [3.8, 4) is 0 Å². The molecule has 0 bridgehead atoms. The van der Waals surface area contributed by atoms with Gasteiger partial charge in [-0.1, -0.05) is 24.3 Å². The van der Waals surface area contributed by atoms with Gasteiger partial charge in [0.15, 0.2) is 5.43 Å². The topological polar surface area (TPSA) is 88.4 Å². The number of carbonyl (C=O) groups excluding carboxylic acids is 1. The number of nitrogens with zero attached hydrogens (tertiary/aromatic N) is 1. The maximum atomic E-state index is 12.7. The first-order valence-corrected chi connectivity index (χ1v) is 8.56. The van der Waals surface area contributed by atoms with E-state index in [0.29, 0.717) is 34.6 Å². The number of rotatable bonds is 4. The Hall–Kier alpha value is -3.15. The summed E-state index contributed by atoms with van der Waals surface area (Å²) >= 11 is 0. The molecule has 26 heavy (non-hydrogen) atoms. The first-order valence-electron chi connectivity index (χ1n) is 8.56. The van der Waals surface area contributed by atoms with Crippen molar-refractivity contribution in [1.29, 1.82) is 0 Å². The first-order chi connectivity index (χ1) is 12.5. The molecular formula is C20H18N2O4. The van der Waals surface area contributed by atoms with Crippen LogP contribution < -0.4 is 10.7 Å². The number of para-hydroxylation sites is 2. The van der Waals surface area contributed by atoms with Crippen LogP contribution in [0.4, 0.5) is 0 Å². The third kappa shape index (κ3) is 2.45. The van der Waals surface area contributed by atoms with Crippen molar-refractivity contribution in [1.82, 2.24) is 9.88 Å². The monoisotopic (exact) mass is 350 g/mol. The van der Waals surface area contributed by atoms with E-state index in [1.165, 1.54) is 0 Å². The van der Waals surface area contributed by atoms with E-state index in [2.05, 4.69) is 5.32 Å². The van der Waals surface area contributed by atoms with Gasteiger partial charge in [-0.25, -0.2) is 4.79 Å². The minimum absolute atomic E-state index is 0.0453. The van der Waals surface area contributed by atoms with Crippen LogP contribution in [0.25, 0.3) is 21.8 Å². The predicted molar refractivity (Wildman–Crippen MR) is 98.1 cm³/mol. The number of aromatic nitrogens is 1. The molecule has 0 atom stereocenters. The molecule has 3 aromatic rings. The van der Waals surface area contributed by atoms with Crippen molar-refractivity contribution in [2.75, 3.05) is 0 Å². The summed E-state index contributed by atoms with van der Waals surface area (Å²) in [6, 6.07) is 14.3. The number of carboxylic acid groups (broad SMARTS) is 1. The van der Waals surface area contributed by atoms with Crippen LogP contribution in [0.2, 0.25) is 0 Å². The van der Waals surface area contributed by atoms with Crippen LogP contribution in [-0.4, -0.2) is 27.1 Å². The largest absolute Gasteiger partial charge is 0.480 e. The normalized spacial score (nSPS) is 15.5. The number of pyridine rings is 1. The standard InChI is InChI=1S/C20H18N2O4/c23-17(21-20(19(25)26)10-5-11-20)12-22-15-8-3-1-6-13(15)18(24)14-7-2-4-9-16(14)22/h1-4,6-9H,5,10-12H2,(H,21,23)(H,25,26). The molecule has 0 spiro atoms. The number of carbonyl (C=O) groups is 2. The lowest BCUT2D eigenvalue weighted by Gasteiger charge is -2.38. The van der Waals surface area contributed by atoms with Crippen LogP contribution in [0.5, 0.6) is 0 Å². The maximum absolute atomic E-state index is 12.7. The van der Waals surface area contributed by atoms with E-state index < -0.39 is 11.5 Å². The molecule has 6 nitrogen and oxygen atoms in total. The van der Waals surface area contributed by atoms with Crippen LogP contribution in [0.15, 0.2) is 53.3 Å². The van der Waals surface area contributed by atoms with Gasteiger partial charge < -0.3 is 15.0 Å². The summed E-state index contributed by atoms with van der Waals surface area (Å²) in [6.45, 7) is -0.0453. The molecule has 1 aromatic heterocycles. The highest BCUT2D eigenvalue weighted by molar-refractivity contribution is 5.95. The second-order valence-electron chi connectivity index (χ2n) is 6.74. The lowest BCUT2D eigenvalue weighted by atomic mass is 9.77. The van der Waals surface area contributed by atoms with Crippen molar-refractivity contribution in [3.63, 3.8) is 0 Å². The fourth-order valence-corrected chi connectivity index (χ4v) is 3.62. The zero-order chi connectivity index (χ0) is 18.3. The minimum atomic E-state index is -1.15. The summed E-state index contributed by atoms with van der Waals surface area (Å²) in [5.74, 6) is -1.36. The lowest BCUT2D eigenvalue weighted by Crippen LogP contribution is -2.59. The van der Waals surface area contributed by atoms with Crippen LogP contribution in [0.3, 0.4) is 0 Å². The first kappa shape index (κ1) is 16.3. The van der Waals surface area contributed by atoms with Crippen LogP contribution >= 0.6 is 0 Å². The molecule has 2 aromatic carbocycles. The summed E-state index contributed by atoms with van der Waals surface area (Å²) in [7, 11) is 0. The Kier molecular flexibility index (Phi) is 3.76. The molecule has 6 heteroatoms. The number of fused-ring (bicyclic) bond motifs is 2. The number of aliphatic carboxylic acids is 1. The molecular weight excluding hydrogens is 332 g/mol. The molecule has 132 valence electrons. The number of carboxylic acids is 1. The van der Waals surface area contributed by atoms with E-state index in [1.54, 1.807) is 41.0 Å². The molecule has 4 rings (SSSR count). The number of benzene rings is 2. The third-order valence-corrected chi connectivity index (χ3v) is 5.18. The van der Waals surface area contributed by atoms with Gasteiger partial charge in [-0.15, -0.1) is 0 Å². The van der Waals surface area contributed by atoms with Gasteiger partial charge in [0.2, 0.25) is 5.91 Å². The average molecular weight is 350 g/mol. The molecule has 0 saturated heterocycles. The van der Waals surface area contributed by atoms with Crippen LogP contribution in [0.1, 0.15) is 19.3 Å². The molecule has 2 N–H and O–H groups in total. The zero-order valence-corrected chi connectivity index (χ0v) is 14.1. The number of nitrogens with one attached hydrogen (secondary N) is 1. The van der Waals surface area contributed by atoms with E-state index >= 15 is 0 Å². The van der Waals surface area contributed by atoms with Crippen molar-refractivity contribution in [2.45, 2.75) is 31.3 Å². The Labute approximate surface area is 149 Å². The minimum Gasteiger partial charge on any atom is -0.480 e. The number of amides is 1. The van der Waals surface area contributed by atoms with Crippen molar-refractivity contribution < 1.29 is 14.7 Å². The van der Waals surface area contributed by atoms with Gasteiger partial charge in [0.05, 0.1) is 11.0 Å². The Bertz CT molecular complexity index is 1040. The second kappa shape index (κ2) is 5.98. The Morgan fingerprint density at radius 3 is 2.00 bits per heavy atom. The van der Waals surface area contributed by atoms with Crippen molar-refractivity contribution in [3.05, 3.63) is 58.8 Å². The SMILES string of the molecule is O=C(Cn1c2ccccc2c(=O)c2ccccc21)NC1(C(=O)O)CCC1. The maximum Gasteiger partial charge on any atom is 0.329 e. The van der Waals surface area contributed by atoms with Crippen LogP contribution in [0, 0.1) is 0 Å². The second-order valence-corrected chi connectivity index (χ2v) is 6.74. The summed E-state index contributed by atoms with van der Waals surface area (Å²) in [4.78, 5) is 36.8. The quantitative estimate of drug-likeness (QED) is 0.707. The summed E-state index contributed by atoms with van der Waals surface area (Å²) in [5, 5.41) is 13.2. The van der Waals surface area contributed by atoms with Gasteiger partial charge in [0, 0.05) is 10.8 Å². The lowest BCUT2D eigenvalue weighted by molar-refractivity contribution is -0.151. The van der Waals surface area contributed by atoms with E-state index in [4.69, 9.17) is 0 Å². The van der Waals surface area contributed by atoms with Gasteiger partial charge in [-0.05, 0) is 43.5 Å². The Morgan fingerprint density at radius 1 is 1.00 bits per heavy atom. The van der Waals surface area contributed by atoms with Gasteiger partial charge in [-0.3, -0.25) is 9.59 Å². The van der Waals surface area contributed by atoms with Gasteiger partial charge in [-0.2, -0.15) is 0 Å². The predicted octanol–water partition coefficient (Wildman–Crippen LogP) is 2.28. The molecule has 0 aliphatic heterocycles. The van der Waals surface area contributed by atoms with E-state index in [9.17, 15) is 19.5 Å². The van der Waals surface area contributed by atoms with E-state index in [1.807, 2.05) is 12.1 Å². The number of hydrogen-bond acceptors (Lipinski definition) is 3. The molecule has 0 unspecified atom stereocenters. The molecule has 1 amide bonds. The average Bonchev–Trinajstić information content (AvgIpc) is 2.61. The fraction of sp³-hybridized carbons (Fsp3) is 0.250. The zero-order valence-electron chi connectivity index (χ0n) is 14.1. The molecule has 1 aliphatic rings. The van der Waals surface area contributed by atoms with Gasteiger partial charge in [0.25, 0.3) is 0 Å². The van der Waals surface area contributed by atoms with Gasteiger partial charge in [0.1, 0.15) is 12.1 Å². The molecule has 1 heterocycles. The van der Waals surface area contributed by atoms with Crippen molar-refractivity contribution >= 4 is 33.7 Å². The van der Waals surface area contributed by atoms with Crippen molar-refractivity contribution in [2.24, 2.45) is 0 Å². The molecule has 0 radical (unpaired) electrons. The summed E-state index contributed by atoms with van der Waals surface area (Å²) in [6.07, 6.45) is 1.68. The smallest absolute Gasteiger partial charge is 0.329 e. The third-order valence-electron chi connectivity index (χ3n) is 5.18. The Morgan fingerprint density at radius 2 is 1.54 bits per heavy atom. The van der Waals surface area contributed by atoms with Crippen LogP contribution in [-0.2, 0) is 16.1 Å². The highest BCUT2D eigenvalue weighted by atomic mass is 16.4. The molecule has 1 saturated carbocycles. The molecule has 1 fully saturated rings. The molecule has 1 aliphatic carbocycles. The number of hydrogen-bond donors (Lipinski definition) is 2. The summed E-state index contributed by atoms with van der Waals surface area (Å²) < 4.78 is 1.77. The Balaban J connectivity index is 1.80. The fourth-order valence-electron chi connectivity index (χ4n) is 3.62. The van der Waals surface area contributed by atoms with E-state index in [0.717, 1.165) is 6.42 Å². The highest BCUT2D eigenvalue weighted by Gasteiger charge is 2.45. The van der Waals surface area contributed by atoms with E-state index in [-0.39, 0.29) is 17.9 Å². The van der Waals surface area contributed by atoms with Gasteiger partial charge >= 0.3 is 5.97 Å². The summed E-state index contributed by atoms with van der Waals surface area (Å²) in [5.41, 5.74) is 0.0874. The highest BCUT2D eigenvalue weighted by Crippen LogP contribution is 2.32.